The average Bonchev–Trinajstić information content (AvgIpc) is 2.69. The predicted octanol–water partition coefficient (Wildman–Crippen LogP) is 5.70. The van der Waals surface area contributed by atoms with Gasteiger partial charge in [-0.1, -0.05) is 37.3 Å². The van der Waals surface area contributed by atoms with Gasteiger partial charge in [-0.2, -0.15) is 13.8 Å². The lowest BCUT2D eigenvalue weighted by Crippen LogP contribution is -2.16. The molecule has 1 heterocycles. The summed E-state index contributed by atoms with van der Waals surface area (Å²) in [4.78, 5) is 9.14. The van der Waals surface area contributed by atoms with E-state index >= 15 is 0 Å². The summed E-state index contributed by atoms with van der Waals surface area (Å²) in [6.45, 7) is 1.30. The molecule has 0 fully saturated rings. The second-order valence-corrected chi connectivity index (χ2v) is 6.31. The lowest BCUT2D eigenvalue weighted by atomic mass is 10.1. The Morgan fingerprint density at radius 2 is 1.71 bits per heavy atom. The van der Waals surface area contributed by atoms with Crippen molar-refractivity contribution < 1.29 is 13.5 Å². The first-order chi connectivity index (χ1) is 13.5. The number of nitrogens with zero attached hydrogens (tertiary/aromatic N) is 2. The van der Waals surface area contributed by atoms with Gasteiger partial charge in [0.05, 0.1) is 5.69 Å². The molecule has 28 heavy (non-hydrogen) atoms. The van der Waals surface area contributed by atoms with Gasteiger partial charge >= 0.3 is 6.61 Å². The molecule has 0 aliphatic heterocycles. The van der Waals surface area contributed by atoms with Crippen molar-refractivity contribution in [2.75, 3.05) is 10.6 Å². The summed E-state index contributed by atoms with van der Waals surface area (Å²) < 4.78 is 29.0. The van der Waals surface area contributed by atoms with Crippen LogP contribution in [0.4, 0.5) is 26.2 Å². The van der Waals surface area contributed by atoms with Crippen molar-refractivity contribution in [1.82, 2.24) is 9.97 Å². The third-order valence-corrected chi connectivity index (χ3v) is 4.14. The van der Waals surface area contributed by atoms with E-state index in [0.717, 1.165) is 17.7 Å². The number of anilines is 3. The number of benzene rings is 2. The summed E-state index contributed by atoms with van der Waals surface area (Å²) in [6, 6.07) is 18.2. The second kappa shape index (κ2) is 9.12. The van der Waals surface area contributed by atoms with E-state index in [9.17, 15) is 8.78 Å². The molecule has 0 bridgehead atoms. The minimum absolute atomic E-state index is 0.104. The molecule has 0 aliphatic carbocycles. The number of ether oxygens (including phenoxy) is 1. The van der Waals surface area contributed by atoms with Gasteiger partial charge in [-0.3, -0.25) is 0 Å². The second-order valence-electron chi connectivity index (χ2n) is 6.31. The average molecular weight is 384 g/mol. The molecule has 1 aromatic heterocycles. The first kappa shape index (κ1) is 19.5. The molecule has 3 aromatic rings. The number of nitrogens with one attached hydrogen (secondary N) is 2. The Morgan fingerprint density at radius 3 is 2.36 bits per heavy atom. The van der Waals surface area contributed by atoms with Crippen molar-refractivity contribution in [2.24, 2.45) is 0 Å². The smallest absolute Gasteiger partial charge is 0.387 e. The number of halogens is 2. The molecule has 0 amide bonds. The molecule has 0 spiro atoms. The molecule has 0 saturated heterocycles. The lowest BCUT2D eigenvalue weighted by molar-refractivity contribution is -0.0498. The maximum Gasteiger partial charge on any atom is 0.387 e. The van der Waals surface area contributed by atoms with Gasteiger partial charge in [-0.05, 0) is 37.6 Å². The van der Waals surface area contributed by atoms with E-state index in [1.165, 1.54) is 12.1 Å². The molecule has 0 radical (unpaired) electrons. The van der Waals surface area contributed by atoms with Crippen LogP contribution in [0.2, 0.25) is 0 Å². The van der Waals surface area contributed by atoms with Crippen molar-refractivity contribution in [3.05, 3.63) is 60.7 Å². The van der Waals surface area contributed by atoms with Crippen LogP contribution in [0.15, 0.2) is 60.7 Å². The number of alkyl halides is 2. The molecule has 146 valence electrons. The normalized spacial score (nSPS) is 11.9. The maximum atomic E-state index is 12.3. The van der Waals surface area contributed by atoms with E-state index in [1.807, 2.05) is 36.4 Å². The fourth-order valence-electron chi connectivity index (χ4n) is 2.52. The highest BCUT2D eigenvalue weighted by molar-refractivity contribution is 5.67. The first-order valence-electron chi connectivity index (χ1n) is 9.06. The van der Waals surface area contributed by atoms with Gasteiger partial charge in [0, 0.05) is 23.4 Å². The molecule has 0 unspecified atom stereocenters. The van der Waals surface area contributed by atoms with Crippen LogP contribution in [0.1, 0.15) is 20.3 Å². The van der Waals surface area contributed by atoms with Crippen LogP contribution in [0.5, 0.6) is 5.75 Å². The fraction of sp³-hybridized carbons (Fsp3) is 0.238. The summed E-state index contributed by atoms with van der Waals surface area (Å²) in [7, 11) is 0. The molecule has 5 nitrogen and oxygen atoms in total. The summed E-state index contributed by atoms with van der Waals surface area (Å²) >= 11 is 0. The van der Waals surface area contributed by atoms with E-state index in [0.29, 0.717) is 17.5 Å². The van der Waals surface area contributed by atoms with Crippen molar-refractivity contribution in [3.63, 3.8) is 0 Å². The van der Waals surface area contributed by atoms with Gasteiger partial charge in [0.2, 0.25) is 5.95 Å². The zero-order valence-electron chi connectivity index (χ0n) is 15.7. The molecule has 2 aromatic carbocycles. The Balaban J connectivity index is 1.87. The fourth-order valence-corrected chi connectivity index (χ4v) is 2.52. The highest BCUT2D eigenvalue weighted by Crippen LogP contribution is 2.25. The summed E-state index contributed by atoms with van der Waals surface area (Å²) in [5.74, 6) is 1.23. The van der Waals surface area contributed by atoms with E-state index in [-0.39, 0.29) is 11.8 Å². The first-order valence-corrected chi connectivity index (χ1v) is 9.06. The molecule has 2 N–H and O–H groups in total. The molecule has 0 saturated carbocycles. The van der Waals surface area contributed by atoms with E-state index in [1.54, 1.807) is 12.1 Å². The molecule has 7 heteroatoms. The minimum atomic E-state index is -2.84. The van der Waals surface area contributed by atoms with E-state index in [4.69, 9.17) is 0 Å². The summed E-state index contributed by atoms with van der Waals surface area (Å²) in [6.07, 6.45) is 0.938. The van der Waals surface area contributed by atoms with Crippen molar-refractivity contribution >= 4 is 17.5 Å². The van der Waals surface area contributed by atoms with Crippen LogP contribution < -0.4 is 15.4 Å². The number of hydrogen-bond donors (Lipinski definition) is 2. The Morgan fingerprint density at radius 1 is 1.00 bits per heavy atom. The maximum absolute atomic E-state index is 12.3. The topological polar surface area (TPSA) is 59.1 Å². The Bertz CT molecular complexity index is 889. The standard InChI is InChI=1S/C21H22F2N4O/c1-3-14(2)24-21-26-18(15-7-5-4-6-8-15)13-19(27-21)25-16-9-11-17(12-10-16)28-20(22)23/h4-14,20H,3H2,1-2H3,(H2,24,25,26,27)/t14-/m1/s1. The van der Waals surface area contributed by atoms with Gasteiger partial charge < -0.3 is 15.4 Å². The van der Waals surface area contributed by atoms with Crippen LogP contribution in [0.3, 0.4) is 0 Å². The number of hydrogen-bond acceptors (Lipinski definition) is 5. The minimum Gasteiger partial charge on any atom is -0.435 e. The number of rotatable bonds is 8. The monoisotopic (exact) mass is 384 g/mol. The largest absolute Gasteiger partial charge is 0.435 e. The van der Waals surface area contributed by atoms with Crippen molar-refractivity contribution in [1.29, 1.82) is 0 Å². The van der Waals surface area contributed by atoms with E-state index < -0.39 is 6.61 Å². The third-order valence-electron chi connectivity index (χ3n) is 4.14. The van der Waals surface area contributed by atoms with Gasteiger partial charge in [-0.25, -0.2) is 4.98 Å². The molecular formula is C21H22F2N4O. The molecule has 1 atom stereocenters. The number of aromatic nitrogens is 2. The van der Waals surface area contributed by atoms with Crippen LogP contribution in [0.25, 0.3) is 11.3 Å². The van der Waals surface area contributed by atoms with E-state index in [2.05, 4.69) is 39.2 Å². The van der Waals surface area contributed by atoms with Gasteiger partial charge in [-0.15, -0.1) is 0 Å². The van der Waals surface area contributed by atoms with Crippen molar-refractivity contribution in [3.8, 4) is 17.0 Å². The quantitative estimate of drug-likeness (QED) is 0.522. The Kier molecular flexibility index (Phi) is 6.37. The highest BCUT2D eigenvalue weighted by Gasteiger charge is 2.10. The third kappa shape index (κ3) is 5.39. The highest BCUT2D eigenvalue weighted by atomic mass is 19.3. The molecule has 0 aliphatic rings. The summed E-state index contributed by atoms with van der Waals surface area (Å²) in [5.41, 5.74) is 2.45. The predicted molar refractivity (Wildman–Crippen MR) is 107 cm³/mol. The van der Waals surface area contributed by atoms with Gasteiger partial charge in [0.25, 0.3) is 0 Å². The SMILES string of the molecule is CC[C@@H](C)Nc1nc(Nc2ccc(OC(F)F)cc2)cc(-c2ccccc2)n1. The van der Waals surface area contributed by atoms with Crippen LogP contribution in [-0.2, 0) is 0 Å². The van der Waals surface area contributed by atoms with Crippen LogP contribution >= 0.6 is 0 Å². The molecular weight excluding hydrogens is 362 g/mol. The Labute approximate surface area is 162 Å². The Hall–Kier alpha value is -3.22. The summed E-state index contributed by atoms with van der Waals surface area (Å²) in [5, 5.41) is 6.49. The van der Waals surface area contributed by atoms with Gasteiger partial charge in [0.1, 0.15) is 11.6 Å². The zero-order valence-corrected chi connectivity index (χ0v) is 15.7. The van der Waals surface area contributed by atoms with Crippen LogP contribution in [-0.4, -0.2) is 22.6 Å². The zero-order chi connectivity index (χ0) is 19.9. The lowest BCUT2D eigenvalue weighted by Gasteiger charge is -2.15. The van der Waals surface area contributed by atoms with Crippen LogP contribution in [0, 0.1) is 0 Å². The van der Waals surface area contributed by atoms with Gasteiger partial charge in [0.15, 0.2) is 0 Å². The molecule has 3 rings (SSSR count). The van der Waals surface area contributed by atoms with Crippen molar-refractivity contribution in [2.45, 2.75) is 32.9 Å².